The number of anilines is 1. The smallest absolute Gasteiger partial charge is 0.262 e. The average Bonchev–Trinajstić information content (AvgIpc) is 2.46. The maximum atomic E-state index is 13.4. The van der Waals surface area contributed by atoms with E-state index in [0.29, 0.717) is 22.5 Å². The molecule has 1 N–H and O–H groups in total. The number of rotatable bonds is 5. The Hall–Kier alpha value is -2.34. The van der Waals surface area contributed by atoms with Crippen LogP contribution in [0.4, 0.5) is 14.5 Å². The first kappa shape index (κ1) is 16.0. The normalized spacial score (nSPS) is 10.2. The molecule has 0 bridgehead atoms. The highest BCUT2D eigenvalue weighted by molar-refractivity contribution is 6.31. The maximum Gasteiger partial charge on any atom is 0.262 e. The highest BCUT2D eigenvalue weighted by atomic mass is 35.5. The molecule has 0 radical (unpaired) electrons. The first-order valence-corrected chi connectivity index (χ1v) is 6.58. The van der Waals surface area contributed by atoms with Crippen molar-refractivity contribution in [2.45, 2.75) is 0 Å². The van der Waals surface area contributed by atoms with Crippen LogP contribution in [0.25, 0.3) is 0 Å². The summed E-state index contributed by atoms with van der Waals surface area (Å²) in [6.07, 6.45) is 0. The van der Waals surface area contributed by atoms with E-state index in [1.54, 1.807) is 12.1 Å². The van der Waals surface area contributed by atoms with Crippen molar-refractivity contribution in [2.24, 2.45) is 0 Å². The molecule has 2 aromatic rings. The van der Waals surface area contributed by atoms with Crippen LogP contribution >= 0.6 is 11.6 Å². The number of amides is 1. The van der Waals surface area contributed by atoms with Crippen molar-refractivity contribution in [2.75, 3.05) is 19.0 Å². The third-order valence-corrected chi connectivity index (χ3v) is 2.92. The lowest BCUT2D eigenvalue weighted by Gasteiger charge is -2.11. The van der Waals surface area contributed by atoms with E-state index in [9.17, 15) is 13.6 Å². The Morgan fingerprint density at radius 3 is 2.59 bits per heavy atom. The van der Waals surface area contributed by atoms with Crippen LogP contribution in [0, 0.1) is 11.6 Å². The number of carbonyl (C=O) groups excluding carboxylic acids is 1. The van der Waals surface area contributed by atoms with Crippen LogP contribution in [-0.2, 0) is 4.79 Å². The molecule has 0 aliphatic rings. The van der Waals surface area contributed by atoms with E-state index in [1.165, 1.54) is 13.2 Å². The minimum Gasteiger partial charge on any atom is -0.495 e. The zero-order chi connectivity index (χ0) is 16.1. The van der Waals surface area contributed by atoms with E-state index in [4.69, 9.17) is 21.1 Å². The lowest BCUT2D eigenvalue weighted by molar-refractivity contribution is -0.118. The molecule has 1 amide bonds. The Bertz CT molecular complexity index is 694. The molecular weight excluding hydrogens is 316 g/mol. The lowest BCUT2D eigenvalue weighted by Crippen LogP contribution is -2.20. The Labute approximate surface area is 130 Å². The molecule has 22 heavy (non-hydrogen) atoms. The third kappa shape index (κ3) is 4.08. The van der Waals surface area contributed by atoms with Crippen molar-refractivity contribution in [3.05, 3.63) is 53.1 Å². The molecule has 116 valence electrons. The largest absolute Gasteiger partial charge is 0.495 e. The van der Waals surface area contributed by atoms with Crippen LogP contribution in [0.3, 0.4) is 0 Å². The van der Waals surface area contributed by atoms with Gasteiger partial charge in [-0.05, 0) is 30.3 Å². The van der Waals surface area contributed by atoms with E-state index in [-0.39, 0.29) is 5.75 Å². The van der Waals surface area contributed by atoms with Gasteiger partial charge in [0.1, 0.15) is 11.6 Å². The molecule has 0 aliphatic heterocycles. The molecule has 0 aromatic heterocycles. The van der Waals surface area contributed by atoms with Gasteiger partial charge in [-0.25, -0.2) is 8.78 Å². The Kier molecular flexibility index (Phi) is 5.16. The van der Waals surface area contributed by atoms with Gasteiger partial charge in [0.05, 0.1) is 12.8 Å². The number of hydrogen-bond donors (Lipinski definition) is 1. The number of halogens is 3. The summed E-state index contributed by atoms with van der Waals surface area (Å²) < 4.78 is 36.2. The van der Waals surface area contributed by atoms with Gasteiger partial charge in [0.25, 0.3) is 5.91 Å². The summed E-state index contributed by atoms with van der Waals surface area (Å²) in [5, 5.41) is 2.95. The Balaban J connectivity index is 2.00. The number of nitrogens with one attached hydrogen (secondary N) is 1. The van der Waals surface area contributed by atoms with Crippen LogP contribution in [0.5, 0.6) is 11.5 Å². The molecule has 2 rings (SSSR count). The van der Waals surface area contributed by atoms with Crippen molar-refractivity contribution in [1.29, 1.82) is 0 Å². The fourth-order valence-electron chi connectivity index (χ4n) is 1.70. The number of benzene rings is 2. The number of ether oxygens (including phenoxy) is 2. The van der Waals surface area contributed by atoms with E-state index < -0.39 is 24.1 Å². The molecule has 0 saturated heterocycles. The van der Waals surface area contributed by atoms with Crippen molar-refractivity contribution in [3.8, 4) is 11.5 Å². The summed E-state index contributed by atoms with van der Waals surface area (Å²) >= 11 is 5.84. The van der Waals surface area contributed by atoms with Crippen molar-refractivity contribution >= 4 is 23.2 Å². The maximum absolute atomic E-state index is 13.4. The van der Waals surface area contributed by atoms with Gasteiger partial charge in [0.15, 0.2) is 18.2 Å². The third-order valence-electron chi connectivity index (χ3n) is 2.69. The van der Waals surface area contributed by atoms with Gasteiger partial charge in [-0.3, -0.25) is 4.79 Å². The summed E-state index contributed by atoms with van der Waals surface area (Å²) in [4.78, 5) is 11.8. The van der Waals surface area contributed by atoms with Crippen molar-refractivity contribution in [1.82, 2.24) is 0 Å². The second kappa shape index (κ2) is 7.09. The monoisotopic (exact) mass is 327 g/mol. The van der Waals surface area contributed by atoms with Gasteiger partial charge >= 0.3 is 0 Å². The minimum atomic E-state index is -0.881. The summed E-state index contributed by atoms with van der Waals surface area (Å²) in [6.45, 7) is -0.446. The van der Waals surface area contributed by atoms with Gasteiger partial charge in [-0.15, -0.1) is 0 Å². The Morgan fingerprint density at radius 2 is 1.91 bits per heavy atom. The van der Waals surface area contributed by atoms with Crippen LogP contribution in [-0.4, -0.2) is 19.6 Å². The highest BCUT2D eigenvalue weighted by Gasteiger charge is 2.11. The number of methoxy groups -OCH3 is 1. The summed E-state index contributed by atoms with van der Waals surface area (Å²) in [6, 6.07) is 7.54. The molecule has 0 fully saturated rings. The quantitative estimate of drug-likeness (QED) is 0.912. The molecular formula is C15H12ClF2NO3. The average molecular weight is 328 g/mol. The van der Waals surface area contributed by atoms with E-state index in [2.05, 4.69) is 5.32 Å². The van der Waals surface area contributed by atoms with Gasteiger partial charge in [0.2, 0.25) is 0 Å². The molecule has 7 heteroatoms. The van der Waals surface area contributed by atoms with Crippen LogP contribution < -0.4 is 14.8 Å². The molecule has 2 aromatic carbocycles. The van der Waals surface area contributed by atoms with Gasteiger partial charge in [-0.1, -0.05) is 11.6 Å². The molecule has 0 heterocycles. The van der Waals surface area contributed by atoms with Gasteiger partial charge in [0, 0.05) is 11.1 Å². The summed E-state index contributed by atoms with van der Waals surface area (Å²) in [5.41, 5.74) is 0.364. The van der Waals surface area contributed by atoms with Gasteiger partial charge in [-0.2, -0.15) is 0 Å². The Morgan fingerprint density at radius 1 is 1.18 bits per heavy atom. The lowest BCUT2D eigenvalue weighted by atomic mass is 10.3. The predicted molar refractivity (Wildman–Crippen MR) is 78.5 cm³/mol. The molecule has 0 unspecified atom stereocenters. The van der Waals surface area contributed by atoms with Crippen LogP contribution in [0.2, 0.25) is 5.02 Å². The van der Waals surface area contributed by atoms with Crippen LogP contribution in [0.15, 0.2) is 36.4 Å². The second-order valence-electron chi connectivity index (χ2n) is 4.26. The summed E-state index contributed by atoms with van der Waals surface area (Å²) in [7, 11) is 1.45. The topological polar surface area (TPSA) is 47.6 Å². The van der Waals surface area contributed by atoms with E-state index in [0.717, 1.165) is 12.1 Å². The van der Waals surface area contributed by atoms with E-state index in [1.807, 2.05) is 0 Å². The second-order valence-corrected chi connectivity index (χ2v) is 4.69. The standard InChI is InChI=1S/C15H12ClF2NO3/c1-21-14-4-2-9(16)6-12(14)19-15(20)8-22-13-5-3-10(17)7-11(13)18/h2-7H,8H2,1H3,(H,19,20). The first-order chi connectivity index (χ1) is 10.5. The minimum absolute atomic E-state index is 0.213. The number of hydrogen-bond acceptors (Lipinski definition) is 3. The fourth-order valence-corrected chi connectivity index (χ4v) is 1.87. The molecule has 4 nitrogen and oxygen atoms in total. The molecule has 0 saturated carbocycles. The zero-order valence-corrected chi connectivity index (χ0v) is 12.3. The zero-order valence-electron chi connectivity index (χ0n) is 11.5. The predicted octanol–water partition coefficient (Wildman–Crippen LogP) is 3.64. The van der Waals surface area contributed by atoms with Crippen molar-refractivity contribution < 1.29 is 23.0 Å². The van der Waals surface area contributed by atoms with Gasteiger partial charge < -0.3 is 14.8 Å². The van der Waals surface area contributed by atoms with E-state index >= 15 is 0 Å². The van der Waals surface area contributed by atoms with Crippen molar-refractivity contribution in [3.63, 3.8) is 0 Å². The summed E-state index contributed by atoms with van der Waals surface area (Å²) in [5.74, 6) is -1.93. The highest BCUT2D eigenvalue weighted by Crippen LogP contribution is 2.27. The number of carbonyl (C=O) groups is 1. The molecule has 0 spiro atoms. The molecule has 0 aliphatic carbocycles. The SMILES string of the molecule is COc1ccc(Cl)cc1NC(=O)COc1ccc(F)cc1F. The fraction of sp³-hybridized carbons (Fsp3) is 0.133. The first-order valence-electron chi connectivity index (χ1n) is 6.21. The molecule has 0 atom stereocenters. The van der Waals surface area contributed by atoms with Crippen LogP contribution in [0.1, 0.15) is 0 Å².